The van der Waals surface area contributed by atoms with Gasteiger partial charge < -0.3 is 20.1 Å². The number of hydrogen-bond acceptors (Lipinski definition) is 4. The van der Waals surface area contributed by atoms with Crippen molar-refractivity contribution in [3.8, 4) is 0 Å². The molecule has 2 N–H and O–H groups in total. The highest BCUT2D eigenvalue weighted by Crippen LogP contribution is 2.46. The maximum absolute atomic E-state index is 13.2. The van der Waals surface area contributed by atoms with Crippen molar-refractivity contribution in [2.45, 2.75) is 71.4 Å². The number of carbonyl (C=O) groups excluding carboxylic acids is 2. The number of rotatable bonds is 3. The molecule has 0 bridgehead atoms. The summed E-state index contributed by atoms with van der Waals surface area (Å²) in [4.78, 5) is 38.1. The first kappa shape index (κ1) is 19.5. The lowest BCUT2D eigenvalue weighted by atomic mass is 9.73. The van der Waals surface area contributed by atoms with Gasteiger partial charge in [0.25, 0.3) is 0 Å². The largest absolute Gasteiger partial charge is 0.480 e. The number of carboxylic acids is 1. The molecule has 142 valence electrons. The highest BCUT2D eigenvalue weighted by Gasteiger charge is 2.51. The molecule has 2 atom stereocenters. The fourth-order valence-electron chi connectivity index (χ4n) is 4.16. The Kier molecular flexibility index (Phi) is 5.64. The van der Waals surface area contributed by atoms with E-state index in [1.165, 1.54) is 18.4 Å². The third-order valence-electron chi connectivity index (χ3n) is 5.55. The van der Waals surface area contributed by atoms with E-state index in [0.717, 1.165) is 25.7 Å². The first-order valence-electron chi connectivity index (χ1n) is 8.97. The van der Waals surface area contributed by atoms with Crippen LogP contribution in [0.3, 0.4) is 0 Å². The van der Waals surface area contributed by atoms with E-state index in [1.54, 1.807) is 0 Å². The molecule has 0 unspecified atom stereocenters. The Balaban J connectivity index is 2.26. The molecule has 1 aliphatic heterocycles. The minimum atomic E-state index is -0.971. The van der Waals surface area contributed by atoms with Crippen molar-refractivity contribution in [2.75, 3.05) is 13.7 Å². The highest BCUT2D eigenvalue weighted by atomic mass is 16.5. The van der Waals surface area contributed by atoms with Gasteiger partial charge in [-0.25, -0.2) is 9.59 Å². The number of hydrogen-bond donors (Lipinski definition) is 2. The number of aliphatic carboxylic acids is 1. The van der Waals surface area contributed by atoms with E-state index in [9.17, 15) is 19.5 Å². The second-order valence-corrected chi connectivity index (χ2v) is 8.52. The zero-order valence-corrected chi connectivity index (χ0v) is 15.6. The number of amides is 2. The number of carbonyl (C=O) groups is 3. The van der Waals surface area contributed by atoms with Crippen molar-refractivity contribution in [1.82, 2.24) is 10.2 Å². The molecular weight excluding hydrogens is 324 g/mol. The Morgan fingerprint density at radius 1 is 1.20 bits per heavy atom. The monoisotopic (exact) mass is 354 g/mol. The molecule has 7 nitrogen and oxygen atoms in total. The van der Waals surface area contributed by atoms with Gasteiger partial charge in [-0.1, -0.05) is 40.0 Å². The van der Waals surface area contributed by atoms with Crippen LogP contribution in [0.25, 0.3) is 0 Å². The fraction of sp³-hybridized carbons (Fsp3) is 0.833. The lowest BCUT2D eigenvalue weighted by Gasteiger charge is -2.36. The Labute approximate surface area is 149 Å². The average molecular weight is 354 g/mol. The fourth-order valence-corrected chi connectivity index (χ4v) is 4.16. The van der Waals surface area contributed by atoms with Gasteiger partial charge in [-0.3, -0.25) is 4.79 Å². The maximum atomic E-state index is 13.2. The van der Waals surface area contributed by atoms with Crippen molar-refractivity contribution >= 4 is 18.0 Å². The molecule has 0 radical (unpaired) electrons. The lowest BCUT2D eigenvalue weighted by Crippen LogP contribution is -2.56. The smallest absolute Gasteiger partial charge is 0.407 e. The van der Waals surface area contributed by atoms with E-state index in [0.29, 0.717) is 13.0 Å². The summed E-state index contributed by atoms with van der Waals surface area (Å²) < 4.78 is 4.64. The van der Waals surface area contributed by atoms with Crippen LogP contribution in [-0.2, 0) is 14.3 Å². The average Bonchev–Trinajstić information content (AvgIpc) is 2.90. The van der Waals surface area contributed by atoms with Crippen LogP contribution in [0.1, 0.15) is 59.3 Å². The summed E-state index contributed by atoms with van der Waals surface area (Å²) in [7, 11) is 1.24. The number of ether oxygens (including phenoxy) is 1. The summed E-state index contributed by atoms with van der Waals surface area (Å²) in [6.07, 6.45) is 5.07. The molecule has 1 aliphatic carbocycles. The molecular formula is C18H30N2O5. The third-order valence-corrected chi connectivity index (χ3v) is 5.55. The number of carboxylic acid groups (broad SMARTS) is 1. The molecule has 2 rings (SSSR count). The van der Waals surface area contributed by atoms with Crippen LogP contribution in [0.5, 0.6) is 0 Å². The topological polar surface area (TPSA) is 95.9 Å². The van der Waals surface area contributed by atoms with Crippen molar-refractivity contribution in [1.29, 1.82) is 0 Å². The van der Waals surface area contributed by atoms with Gasteiger partial charge in [-0.15, -0.1) is 0 Å². The maximum Gasteiger partial charge on any atom is 0.407 e. The van der Waals surface area contributed by atoms with Gasteiger partial charge in [-0.05, 0) is 30.1 Å². The molecule has 0 aromatic heterocycles. The second kappa shape index (κ2) is 7.22. The van der Waals surface area contributed by atoms with Crippen LogP contribution in [0, 0.1) is 10.8 Å². The number of alkyl carbamates (subject to hydrolysis) is 1. The zero-order valence-electron chi connectivity index (χ0n) is 15.6. The van der Waals surface area contributed by atoms with Crippen LogP contribution in [0.15, 0.2) is 0 Å². The molecule has 1 heterocycles. The van der Waals surface area contributed by atoms with Gasteiger partial charge in [0, 0.05) is 6.54 Å². The van der Waals surface area contributed by atoms with Gasteiger partial charge in [0.15, 0.2) is 0 Å². The van der Waals surface area contributed by atoms with E-state index in [1.807, 2.05) is 20.8 Å². The Morgan fingerprint density at radius 2 is 1.80 bits per heavy atom. The SMILES string of the molecule is COC(=O)N[C@H](C(=O)N1CC2(CCCCC2)C[C@H]1C(=O)O)C(C)(C)C. The van der Waals surface area contributed by atoms with Crippen LogP contribution < -0.4 is 5.32 Å². The predicted molar refractivity (Wildman–Crippen MR) is 92.1 cm³/mol. The van der Waals surface area contributed by atoms with Gasteiger partial charge in [0.1, 0.15) is 12.1 Å². The first-order chi connectivity index (χ1) is 11.6. The van der Waals surface area contributed by atoms with E-state index < -0.39 is 29.6 Å². The molecule has 25 heavy (non-hydrogen) atoms. The van der Waals surface area contributed by atoms with Gasteiger partial charge in [0.05, 0.1) is 7.11 Å². The van der Waals surface area contributed by atoms with Crippen molar-refractivity contribution in [3.05, 3.63) is 0 Å². The molecule has 2 fully saturated rings. The number of likely N-dealkylation sites (tertiary alicyclic amines) is 1. The van der Waals surface area contributed by atoms with Crippen LogP contribution >= 0.6 is 0 Å². The summed E-state index contributed by atoms with van der Waals surface area (Å²) in [6.45, 7) is 5.98. The number of nitrogens with zero attached hydrogens (tertiary/aromatic N) is 1. The van der Waals surface area contributed by atoms with Crippen LogP contribution in [-0.4, -0.2) is 53.7 Å². The summed E-state index contributed by atoms with van der Waals surface area (Å²) in [5, 5.41) is 12.2. The van der Waals surface area contributed by atoms with E-state index in [2.05, 4.69) is 10.1 Å². The summed E-state index contributed by atoms with van der Waals surface area (Å²) in [6, 6.07) is -1.66. The molecule has 2 amide bonds. The Bertz CT molecular complexity index is 534. The summed E-state index contributed by atoms with van der Waals surface area (Å²) >= 11 is 0. The summed E-state index contributed by atoms with van der Waals surface area (Å²) in [5.74, 6) is -1.31. The molecule has 7 heteroatoms. The van der Waals surface area contributed by atoms with E-state index >= 15 is 0 Å². The first-order valence-corrected chi connectivity index (χ1v) is 8.97. The number of nitrogens with one attached hydrogen (secondary N) is 1. The van der Waals surface area contributed by atoms with Gasteiger partial charge in [-0.2, -0.15) is 0 Å². The molecule has 1 saturated carbocycles. The normalized spacial score (nSPS) is 24.0. The third kappa shape index (κ3) is 4.25. The van der Waals surface area contributed by atoms with Gasteiger partial charge in [0.2, 0.25) is 5.91 Å². The molecule has 1 spiro atoms. The second-order valence-electron chi connectivity index (χ2n) is 8.52. The van der Waals surface area contributed by atoms with E-state index in [-0.39, 0.29) is 11.3 Å². The molecule has 1 saturated heterocycles. The molecule has 2 aliphatic rings. The van der Waals surface area contributed by atoms with Crippen LogP contribution in [0.4, 0.5) is 4.79 Å². The summed E-state index contributed by atoms with van der Waals surface area (Å²) in [5.41, 5.74) is -0.651. The number of methoxy groups -OCH3 is 1. The standard InChI is InChI=1S/C18H30N2O5/c1-17(2,3)13(19-16(24)25-4)14(21)20-11-18(8-6-5-7-9-18)10-12(20)15(22)23/h12-13H,5-11H2,1-4H3,(H,19,24)(H,22,23)/t12-,13+/m0/s1. The predicted octanol–water partition coefficient (Wildman–Crippen LogP) is 2.39. The lowest BCUT2D eigenvalue weighted by molar-refractivity contribution is -0.150. The molecule has 0 aromatic rings. The van der Waals surface area contributed by atoms with Crippen molar-refractivity contribution in [2.24, 2.45) is 10.8 Å². The van der Waals surface area contributed by atoms with E-state index in [4.69, 9.17) is 0 Å². The highest BCUT2D eigenvalue weighted by molar-refractivity contribution is 5.90. The van der Waals surface area contributed by atoms with Crippen molar-refractivity contribution in [3.63, 3.8) is 0 Å². The minimum Gasteiger partial charge on any atom is -0.480 e. The minimum absolute atomic E-state index is 0.0926. The van der Waals surface area contributed by atoms with Gasteiger partial charge >= 0.3 is 12.1 Å². The zero-order chi connectivity index (χ0) is 18.8. The molecule has 0 aromatic carbocycles. The van der Waals surface area contributed by atoms with Crippen LogP contribution in [0.2, 0.25) is 0 Å². The van der Waals surface area contributed by atoms with Crippen molar-refractivity contribution < 1.29 is 24.2 Å². The quantitative estimate of drug-likeness (QED) is 0.811. The Hall–Kier alpha value is -1.79. The Morgan fingerprint density at radius 3 is 2.28 bits per heavy atom.